The maximum atomic E-state index is 9.71. The van der Waals surface area contributed by atoms with Gasteiger partial charge >= 0.3 is 0 Å². The van der Waals surface area contributed by atoms with Crippen molar-refractivity contribution in [3.8, 4) is 11.8 Å². The van der Waals surface area contributed by atoms with Crippen molar-refractivity contribution in [1.82, 2.24) is 4.98 Å². The summed E-state index contributed by atoms with van der Waals surface area (Å²) in [6, 6.07) is 14.4. The van der Waals surface area contributed by atoms with Crippen LogP contribution in [-0.4, -0.2) is 29.3 Å². The Bertz CT molecular complexity index is 700. The molecule has 1 fully saturated rings. The van der Waals surface area contributed by atoms with E-state index in [-0.39, 0.29) is 6.10 Å². The zero-order valence-electron chi connectivity index (χ0n) is 12.8. The highest BCUT2D eigenvalue weighted by Gasteiger charge is 2.21. The van der Waals surface area contributed by atoms with Crippen molar-refractivity contribution in [3.05, 3.63) is 59.3 Å². The van der Waals surface area contributed by atoms with Gasteiger partial charge in [-0.2, -0.15) is 0 Å². The van der Waals surface area contributed by atoms with E-state index in [9.17, 15) is 5.11 Å². The first-order valence-corrected chi connectivity index (χ1v) is 7.66. The molecule has 0 saturated carbocycles. The van der Waals surface area contributed by atoms with E-state index >= 15 is 0 Å². The van der Waals surface area contributed by atoms with E-state index in [1.165, 1.54) is 5.56 Å². The second-order valence-electron chi connectivity index (χ2n) is 5.59. The second kappa shape index (κ2) is 6.64. The van der Waals surface area contributed by atoms with E-state index in [2.05, 4.69) is 28.9 Å². The van der Waals surface area contributed by atoms with E-state index in [4.69, 9.17) is 4.98 Å². The SMILES string of the molecule is CC#Cc1ccc(N2CCC(O)C2)nc1Cc1ccccc1. The lowest BCUT2D eigenvalue weighted by atomic mass is 10.1. The molecule has 0 amide bonds. The fourth-order valence-corrected chi connectivity index (χ4v) is 2.79. The van der Waals surface area contributed by atoms with Crippen molar-refractivity contribution in [3.63, 3.8) is 0 Å². The van der Waals surface area contributed by atoms with Crippen LogP contribution in [0.15, 0.2) is 42.5 Å². The standard InChI is InChI=1S/C19H20N2O/c1-2-6-16-9-10-19(21-12-11-17(22)14-21)20-18(16)13-15-7-4-3-5-8-15/h3-5,7-10,17,22H,11-14H2,1H3. The number of rotatable bonds is 3. The van der Waals surface area contributed by atoms with Crippen molar-refractivity contribution in [2.45, 2.75) is 25.9 Å². The minimum Gasteiger partial charge on any atom is -0.391 e. The zero-order valence-corrected chi connectivity index (χ0v) is 12.8. The number of nitrogens with zero attached hydrogens (tertiary/aromatic N) is 2. The van der Waals surface area contributed by atoms with Crippen LogP contribution < -0.4 is 4.90 Å². The summed E-state index contributed by atoms with van der Waals surface area (Å²) in [5.74, 6) is 7.04. The monoisotopic (exact) mass is 292 g/mol. The summed E-state index contributed by atoms with van der Waals surface area (Å²) < 4.78 is 0. The predicted molar refractivity (Wildman–Crippen MR) is 88.9 cm³/mol. The van der Waals surface area contributed by atoms with E-state index in [1.54, 1.807) is 0 Å². The first-order chi connectivity index (χ1) is 10.8. The maximum absolute atomic E-state index is 9.71. The van der Waals surface area contributed by atoms with E-state index < -0.39 is 0 Å². The van der Waals surface area contributed by atoms with Gasteiger partial charge in [-0.1, -0.05) is 36.3 Å². The van der Waals surface area contributed by atoms with Crippen LogP contribution >= 0.6 is 0 Å². The molecule has 1 aromatic heterocycles. The van der Waals surface area contributed by atoms with Gasteiger partial charge in [0.2, 0.25) is 0 Å². The van der Waals surface area contributed by atoms with Crippen molar-refractivity contribution < 1.29 is 5.11 Å². The summed E-state index contributed by atoms with van der Waals surface area (Å²) in [5, 5.41) is 9.71. The van der Waals surface area contributed by atoms with Crippen LogP contribution in [0.1, 0.15) is 30.2 Å². The average Bonchev–Trinajstić information content (AvgIpc) is 2.97. The lowest BCUT2D eigenvalue weighted by molar-refractivity contribution is 0.198. The van der Waals surface area contributed by atoms with Gasteiger partial charge in [-0.3, -0.25) is 0 Å². The molecule has 2 aromatic rings. The molecule has 1 N–H and O–H groups in total. The van der Waals surface area contributed by atoms with Crippen molar-refractivity contribution in [2.24, 2.45) is 0 Å². The van der Waals surface area contributed by atoms with Gasteiger partial charge in [-0.15, -0.1) is 5.92 Å². The van der Waals surface area contributed by atoms with Crippen LogP contribution in [0.2, 0.25) is 0 Å². The fourth-order valence-electron chi connectivity index (χ4n) is 2.79. The van der Waals surface area contributed by atoms with E-state index in [1.807, 2.05) is 37.3 Å². The largest absolute Gasteiger partial charge is 0.391 e. The minimum absolute atomic E-state index is 0.241. The number of aromatic nitrogens is 1. The molecular formula is C19H20N2O. The van der Waals surface area contributed by atoms with Crippen LogP contribution in [-0.2, 0) is 6.42 Å². The molecule has 1 aromatic carbocycles. The molecule has 1 aliphatic rings. The molecule has 0 radical (unpaired) electrons. The Hall–Kier alpha value is -2.31. The molecule has 112 valence electrons. The summed E-state index contributed by atoms with van der Waals surface area (Å²) >= 11 is 0. The quantitative estimate of drug-likeness (QED) is 0.884. The molecule has 3 heteroatoms. The Morgan fingerprint density at radius 2 is 2.05 bits per heavy atom. The Morgan fingerprint density at radius 3 is 2.73 bits per heavy atom. The summed E-state index contributed by atoms with van der Waals surface area (Å²) in [6.45, 7) is 3.37. The highest BCUT2D eigenvalue weighted by atomic mass is 16.3. The van der Waals surface area contributed by atoms with E-state index in [0.29, 0.717) is 6.54 Å². The zero-order chi connectivity index (χ0) is 15.4. The molecule has 1 atom stereocenters. The van der Waals surface area contributed by atoms with Gasteiger partial charge in [0, 0.05) is 25.1 Å². The highest BCUT2D eigenvalue weighted by Crippen LogP contribution is 2.21. The van der Waals surface area contributed by atoms with Crippen molar-refractivity contribution in [1.29, 1.82) is 0 Å². The molecule has 1 unspecified atom stereocenters. The minimum atomic E-state index is -0.241. The smallest absolute Gasteiger partial charge is 0.128 e. The lowest BCUT2D eigenvalue weighted by Gasteiger charge is -2.18. The molecule has 1 saturated heterocycles. The number of hydrogen-bond donors (Lipinski definition) is 1. The number of anilines is 1. The molecule has 22 heavy (non-hydrogen) atoms. The Morgan fingerprint density at radius 1 is 1.23 bits per heavy atom. The Labute approximate surface area is 131 Å². The van der Waals surface area contributed by atoms with Crippen LogP contribution in [0.4, 0.5) is 5.82 Å². The molecule has 0 aliphatic carbocycles. The van der Waals surface area contributed by atoms with Crippen LogP contribution in [0, 0.1) is 11.8 Å². The van der Waals surface area contributed by atoms with Crippen LogP contribution in [0.25, 0.3) is 0 Å². The number of β-amino-alcohol motifs (C(OH)–C–C–N with tert-alkyl or cyclic N) is 1. The third-order valence-corrected chi connectivity index (χ3v) is 3.92. The summed E-state index contributed by atoms with van der Waals surface area (Å²) in [4.78, 5) is 6.96. The van der Waals surface area contributed by atoms with Crippen LogP contribution in [0.3, 0.4) is 0 Å². The Kier molecular flexibility index (Phi) is 4.41. The van der Waals surface area contributed by atoms with Gasteiger partial charge in [0.15, 0.2) is 0 Å². The third kappa shape index (κ3) is 3.29. The number of hydrogen-bond acceptors (Lipinski definition) is 3. The molecule has 0 spiro atoms. The first kappa shape index (κ1) is 14.6. The summed E-state index contributed by atoms with van der Waals surface area (Å²) in [7, 11) is 0. The average molecular weight is 292 g/mol. The van der Waals surface area contributed by atoms with Gasteiger partial charge in [0.05, 0.1) is 11.8 Å². The second-order valence-corrected chi connectivity index (χ2v) is 5.59. The molecule has 1 aliphatic heterocycles. The first-order valence-electron chi connectivity index (χ1n) is 7.66. The summed E-state index contributed by atoms with van der Waals surface area (Å²) in [6.07, 6.45) is 1.34. The lowest BCUT2D eigenvalue weighted by Crippen LogP contribution is -2.22. The van der Waals surface area contributed by atoms with Gasteiger partial charge in [-0.05, 0) is 31.0 Å². The highest BCUT2D eigenvalue weighted by molar-refractivity contribution is 5.49. The third-order valence-electron chi connectivity index (χ3n) is 3.92. The fraction of sp³-hybridized carbons (Fsp3) is 0.316. The maximum Gasteiger partial charge on any atom is 0.128 e. The van der Waals surface area contributed by atoms with Crippen molar-refractivity contribution >= 4 is 5.82 Å². The Balaban J connectivity index is 1.92. The summed E-state index contributed by atoms with van der Waals surface area (Å²) in [5.41, 5.74) is 3.21. The number of pyridine rings is 1. The normalized spacial score (nSPS) is 17.2. The van der Waals surface area contributed by atoms with Gasteiger partial charge in [-0.25, -0.2) is 4.98 Å². The van der Waals surface area contributed by atoms with E-state index in [0.717, 1.165) is 36.5 Å². The molecule has 2 heterocycles. The molecule has 0 bridgehead atoms. The van der Waals surface area contributed by atoms with Gasteiger partial charge < -0.3 is 10.0 Å². The van der Waals surface area contributed by atoms with Crippen molar-refractivity contribution in [2.75, 3.05) is 18.0 Å². The van der Waals surface area contributed by atoms with Gasteiger partial charge in [0.1, 0.15) is 5.82 Å². The molecular weight excluding hydrogens is 272 g/mol. The number of aliphatic hydroxyl groups is 1. The van der Waals surface area contributed by atoms with Crippen LogP contribution in [0.5, 0.6) is 0 Å². The molecule has 3 rings (SSSR count). The number of aliphatic hydroxyl groups excluding tert-OH is 1. The molecule has 3 nitrogen and oxygen atoms in total. The van der Waals surface area contributed by atoms with Gasteiger partial charge in [0.25, 0.3) is 0 Å². The number of benzene rings is 1. The predicted octanol–water partition coefficient (Wildman–Crippen LogP) is 2.61. The topological polar surface area (TPSA) is 36.4 Å².